The predicted molar refractivity (Wildman–Crippen MR) is 109 cm³/mol. The van der Waals surface area contributed by atoms with Gasteiger partial charge in [0, 0.05) is 32.9 Å². The van der Waals surface area contributed by atoms with Gasteiger partial charge in [-0.05, 0) is 43.2 Å². The van der Waals surface area contributed by atoms with E-state index in [0.29, 0.717) is 42.1 Å². The minimum absolute atomic E-state index is 0.0357. The van der Waals surface area contributed by atoms with Gasteiger partial charge in [0.1, 0.15) is 5.75 Å². The summed E-state index contributed by atoms with van der Waals surface area (Å²) in [4.78, 5) is 12.5. The van der Waals surface area contributed by atoms with E-state index in [9.17, 15) is 13.2 Å². The van der Waals surface area contributed by atoms with E-state index in [4.69, 9.17) is 9.47 Å². The van der Waals surface area contributed by atoms with Crippen molar-refractivity contribution in [3.05, 3.63) is 53.6 Å². The molecule has 0 radical (unpaired) electrons. The van der Waals surface area contributed by atoms with Crippen LogP contribution in [0.4, 0.5) is 5.69 Å². The lowest BCUT2D eigenvalue weighted by atomic mass is 10.1. The minimum Gasteiger partial charge on any atom is -0.495 e. The highest BCUT2D eigenvalue weighted by Crippen LogP contribution is 2.31. The molecule has 0 saturated heterocycles. The standard InChI is InChI=1S/C20H26N2O5S/c1-15-10-11-16(14-17(15)20(23)21-12-7-13-26-3)28(24,25)22(2)18-8-5-6-9-19(18)27-4/h5-6,8-11,14H,7,12-13H2,1-4H3,(H,21,23). The molecule has 2 aromatic carbocycles. The number of hydrogen-bond acceptors (Lipinski definition) is 5. The van der Waals surface area contributed by atoms with E-state index < -0.39 is 10.0 Å². The summed E-state index contributed by atoms with van der Waals surface area (Å²) in [6.45, 7) is 2.76. The topological polar surface area (TPSA) is 84.9 Å². The van der Waals surface area contributed by atoms with Gasteiger partial charge in [-0.15, -0.1) is 0 Å². The first kappa shape index (κ1) is 21.7. The SMILES string of the molecule is COCCCNC(=O)c1cc(S(=O)(=O)N(C)c2ccccc2OC)ccc1C. The summed E-state index contributed by atoms with van der Waals surface area (Å²) in [6.07, 6.45) is 0.676. The van der Waals surface area contributed by atoms with Gasteiger partial charge in [0.25, 0.3) is 15.9 Å². The Hall–Kier alpha value is -2.58. The lowest BCUT2D eigenvalue weighted by molar-refractivity contribution is 0.0948. The Morgan fingerprint density at radius 2 is 1.86 bits per heavy atom. The fourth-order valence-electron chi connectivity index (χ4n) is 2.70. The molecule has 0 heterocycles. The Morgan fingerprint density at radius 1 is 1.14 bits per heavy atom. The highest BCUT2D eigenvalue weighted by atomic mass is 32.2. The van der Waals surface area contributed by atoms with Gasteiger partial charge in [0.2, 0.25) is 0 Å². The third-order valence-electron chi connectivity index (χ3n) is 4.35. The Labute approximate surface area is 166 Å². The molecule has 0 aliphatic rings. The molecule has 2 rings (SSSR count). The third-order valence-corrected chi connectivity index (χ3v) is 6.11. The van der Waals surface area contributed by atoms with Crippen molar-refractivity contribution in [2.45, 2.75) is 18.2 Å². The molecule has 0 unspecified atom stereocenters. The maximum absolute atomic E-state index is 13.1. The number of carbonyl (C=O) groups excluding carboxylic acids is 1. The van der Waals surface area contributed by atoms with Gasteiger partial charge >= 0.3 is 0 Å². The lowest BCUT2D eigenvalue weighted by Crippen LogP contribution is -2.29. The average Bonchev–Trinajstić information content (AvgIpc) is 2.70. The highest BCUT2D eigenvalue weighted by Gasteiger charge is 2.25. The number of nitrogens with one attached hydrogen (secondary N) is 1. The molecule has 0 aliphatic heterocycles. The molecule has 0 saturated carbocycles. The van der Waals surface area contributed by atoms with E-state index >= 15 is 0 Å². The smallest absolute Gasteiger partial charge is 0.264 e. The normalized spacial score (nSPS) is 11.1. The van der Waals surface area contributed by atoms with E-state index in [2.05, 4.69) is 5.32 Å². The molecule has 0 aliphatic carbocycles. The zero-order chi connectivity index (χ0) is 20.7. The molecular weight excluding hydrogens is 380 g/mol. The number of sulfonamides is 1. The van der Waals surface area contributed by atoms with Gasteiger partial charge in [0.15, 0.2) is 0 Å². The summed E-state index contributed by atoms with van der Waals surface area (Å²) >= 11 is 0. The number of amides is 1. The van der Waals surface area contributed by atoms with Crippen LogP contribution in [0.15, 0.2) is 47.4 Å². The molecule has 1 amide bonds. The molecule has 8 heteroatoms. The number of ether oxygens (including phenoxy) is 2. The molecule has 0 bridgehead atoms. The maximum Gasteiger partial charge on any atom is 0.264 e. The van der Waals surface area contributed by atoms with Crippen molar-refractivity contribution < 1.29 is 22.7 Å². The van der Waals surface area contributed by atoms with Crippen molar-refractivity contribution in [3.63, 3.8) is 0 Å². The van der Waals surface area contributed by atoms with E-state index in [1.54, 1.807) is 44.4 Å². The number of hydrogen-bond donors (Lipinski definition) is 1. The fraction of sp³-hybridized carbons (Fsp3) is 0.350. The van der Waals surface area contributed by atoms with Crippen LogP contribution in [0.5, 0.6) is 5.75 Å². The Bertz CT molecular complexity index is 928. The molecule has 28 heavy (non-hydrogen) atoms. The van der Waals surface area contributed by atoms with E-state index in [1.807, 2.05) is 0 Å². The summed E-state index contributed by atoms with van der Waals surface area (Å²) in [7, 11) is 0.662. The quantitative estimate of drug-likeness (QED) is 0.647. The molecule has 7 nitrogen and oxygen atoms in total. The van der Waals surface area contributed by atoms with Gasteiger partial charge in [0.05, 0.1) is 17.7 Å². The van der Waals surface area contributed by atoms with E-state index in [1.165, 1.54) is 26.3 Å². The number of nitrogens with zero attached hydrogens (tertiary/aromatic N) is 1. The summed E-state index contributed by atoms with van der Waals surface area (Å²) in [6, 6.07) is 11.4. The predicted octanol–water partition coefficient (Wildman–Crippen LogP) is 2.60. The van der Waals surface area contributed by atoms with Crippen molar-refractivity contribution in [1.29, 1.82) is 0 Å². The summed E-state index contributed by atoms with van der Waals surface area (Å²) in [5.41, 5.74) is 1.44. The maximum atomic E-state index is 13.1. The largest absolute Gasteiger partial charge is 0.495 e. The Balaban J connectivity index is 2.32. The van der Waals surface area contributed by atoms with Gasteiger partial charge in [-0.3, -0.25) is 9.10 Å². The second kappa shape index (κ2) is 9.57. The van der Waals surface area contributed by atoms with Crippen LogP contribution in [0.1, 0.15) is 22.3 Å². The van der Waals surface area contributed by atoms with Crippen LogP contribution < -0.4 is 14.4 Å². The van der Waals surface area contributed by atoms with Crippen LogP contribution in [0.3, 0.4) is 0 Å². The first-order valence-corrected chi connectivity index (χ1v) is 10.3. The summed E-state index contributed by atoms with van der Waals surface area (Å²) < 4.78 is 37.6. The van der Waals surface area contributed by atoms with Gasteiger partial charge < -0.3 is 14.8 Å². The number of para-hydroxylation sites is 2. The molecule has 0 spiro atoms. The van der Waals surface area contributed by atoms with Crippen molar-refractivity contribution in [3.8, 4) is 5.75 Å². The second-order valence-electron chi connectivity index (χ2n) is 6.22. The average molecular weight is 407 g/mol. The van der Waals surface area contributed by atoms with E-state index in [-0.39, 0.29) is 10.8 Å². The highest BCUT2D eigenvalue weighted by molar-refractivity contribution is 7.92. The number of methoxy groups -OCH3 is 2. The lowest BCUT2D eigenvalue weighted by Gasteiger charge is -2.22. The van der Waals surface area contributed by atoms with Crippen LogP contribution in [0.2, 0.25) is 0 Å². The van der Waals surface area contributed by atoms with Crippen LogP contribution in [0, 0.1) is 6.92 Å². The number of aryl methyl sites for hydroxylation is 1. The number of rotatable bonds is 9. The number of benzene rings is 2. The Morgan fingerprint density at radius 3 is 2.54 bits per heavy atom. The summed E-state index contributed by atoms with van der Waals surface area (Å²) in [5, 5.41) is 2.79. The second-order valence-corrected chi connectivity index (χ2v) is 8.19. The van der Waals surface area contributed by atoms with Crippen LogP contribution in [-0.2, 0) is 14.8 Å². The van der Waals surface area contributed by atoms with Crippen molar-refractivity contribution in [2.24, 2.45) is 0 Å². The first-order valence-electron chi connectivity index (χ1n) is 8.82. The van der Waals surface area contributed by atoms with Gasteiger partial charge in [-0.1, -0.05) is 18.2 Å². The van der Waals surface area contributed by atoms with Gasteiger partial charge in [-0.25, -0.2) is 8.42 Å². The van der Waals surface area contributed by atoms with Crippen LogP contribution in [0.25, 0.3) is 0 Å². The molecular formula is C20H26N2O5S. The molecule has 0 atom stereocenters. The molecule has 2 aromatic rings. The third kappa shape index (κ3) is 4.82. The van der Waals surface area contributed by atoms with Crippen LogP contribution in [-0.4, -0.2) is 48.7 Å². The minimum atomic E-state index is -3.87. The molecule has 152 valence electrons. The van der Waals surface area contributed by atoms with E-state index in [0.717, 1.165) is 4.31 Å². The monoisotopic (exact) mass is 406 g/mol. The van der Waals surface area contributed by atoms with Crippen molar-refractivity contribution in [2.75, 3.05) is 38.7 Å². The van der Waals surface area contributed by atoms with Crippen LogP contribution >= 0.6 is 0 Å². The Kier molecular flexibility index (Phi) is 7.42. The molecule has 1 N–H and O–H groups in total. The zero-order valence-corrected chi connectivity index (χ0v) is 17.4. The van der Waals surface area contributed by atoms with Gasteiger partial charge in [-0.2, -0.15) is 0 Å². The number of carbonyl (C=O) groups is 1. The number of anilines is 1. The zero-order valence-electron chi connectivity index (χ0n) is 16.6. The molecule has 0 fully saturated rings. The molecule has 0 aromatic heterocycles. The summed E-state index contributed by atoms with van der Waals surface area (Å²) in [5.74, 6) is 0.127. The first-order chi connectivity index (χ1) is 13.3. The van der Waals surface area contributed by atoms with Crippen molar-refractivity contribution in [1.82, 2.24) is 5.32 Å². The van der Waals surface area contributed by atoms with Crippen molar-refractivity contribution >= 4 is 21.6 Å². The fourth-order valence-corrected chi connectivity index (χ4v) is 3.93.